The van der Waals surface area contributed by atoms with Gasteiger partial charge in [-0.2, -0.15) is 0 Å². The van der Waals surface area contributed by atoms with E-state index in [2.05, 4.69) is 0 Å². The first-order valence-corrected chi connectivity index (χ1v) is 6.04. The summed E-state index contributed by atoms with van der Waals surface area (Å²) in [5, 5.41) is 38.3. The molecule has 0 saturated carbocycles. The lowest BCUT2D eigenvalue weighted by molar-refractivity contribution is -0.384. The van der Waals surface area contributed by atoms with E-state index in [4.69, 9.17) is 4.74 Å². The van der Waals surface area contributed by atoms with Crippen LogP contribution in [0.15, 0.2) is 36.4 Å². The zero-order chi connectivity index (χ0) is 16.3. The third kappa shape index (κ3) is 3.23. The molecule has 22 heavy (non-hydrogen) atoms. The minimum atomic E-state index is -0.830. The van der Waals surface area contributed by atoms with Crippen molar-refractivity contribution in [1.29, 1.82) is 0 Å². The number of aromatic hydroxyl groups is 3. The molecular formula is C14H11NO7. The Kier molecular flexibility index (Phi) is 4.12. The second-order valence-electron chi connectivity index (χ2n) is 4.36. The van der Waals surface area contributed by atoms with Crippen LogP contribution in [0.2, 0.25) is 0 Å². The Labute approximate surface area is 124 Å². The zero-order valence-electron chi connectivity index (χ0n) is 11.1. The van der Waals surface area contributed by atoms with Gasteiger partial charge in [0.25, 0.3) is 5.69 Å². The van der Waals surface area contributed by atoms with Crippen molar-refractivity contribution in [3.05, 3.63) is 57.6 Å². The van der Waals surface area contributed by atoms with E-state index in [0.717, 1.165) is 12.1 Å². The van der Waals surface area contributed by atoms with Crippen LogP contribution >= 0.6 is 0 Å². The maximum Gasteiger partial charge on any atom is 0.338 e. The number of nitro benzene ring substituents is 1. The van der Waals surface area contributed by atoms with Crippen molar-refractivity contribution in [2.24, 2.45) is 0 Å². The van der Waals surface area contributed by atoms with Gasteiger partial charge in [-0.15, -0.1) is 0 Å². The van der Waals surface area contributed by atoms with Gasteiger partial charge in [-0.05, 0) is 29.8 Å². The number of benzene rings is 2. The van der Waals surface area contributed by atoms with Crippen molar-refractivity contribution >= 4 is 11.7 Å². The lowest BCUT2D eigenvalue weighted by atomic mass is 10.2. The van der Waals surface area contributed by atoms with Gasteiger partial charge in [-0.3, -0.25) is 10.1 Å². The number of phenols is 3. The van der Waals surface area contributed by atoms with Gasteiger partial charge in [0.15, 0.2) is 17.2 Å². The topological polar surface area (TPSA) is 130 Å². The summed E-state index contributed by atoms with van der Waals surface area (Å²) in [6.07, 6.45) is 0. The molecule has 2 aromatic rings. The fourth-order valence-electron chi connectivity index (χ4n) is 1.67. The van der Waals surface area contributed by atoms with Crippen LogP contribution in [-0.2, 0) is 11.3 Å². The lowest BCUT2D eigenvalue weighted by Crippen LogP contribution is -2.05. The number of phenolic OH excluding ortho intramolecular Hbond substituents is 3. The Hall–Kier alpha value is -3.29. The predicted molar refractivity (Wildman–Crippen MR) is 73.7 cm³/mol. The molecule has 0 unspecified atom stereocenters. The SMILES string of the molecule is O=C(OCc1ccc([N+](=O)[O-])cc1)c1cc(O)c(O)c(O)c1. The summed E-state index contributed by atoms with van der Waals surface area (Å²) < 4.78 is 4.95. The summed E-state index contributed by atoms with van der Waals surface area (Å²) in [6, 6.07) is 7.34. The molecule has 0 bridgehead atoms. The summed E-state index contributed by atoms with van der Waals surface area (Å²) >= 11 is 0. The minimum Gasteiger partial charge on any atom is -0.504 e. The highest BCUT2D eigenvalue weighted by Gasteiger charge is 2.15. The van der Waals surface area contributed by atoms with Gasteiger partial charge in [0, 0.05) is 12.1 Å². The number of hydrogen-bond donors (Lipinski definition) is 3. The first kappa shape index (κ1) is 15.1. The predicted octanol–water partition coefficient (Wildman–Crippen LogP) is 2.07. The standard InChI is InChI=1S/C14H11NO7/c16-11-5-9(6-12(17)13(11)18)14(19)22-7-8-1-3-10(4-2-8)15(20)21/h1-6,16-18H,7H2. The minimum absolute atomic E-state index is 0.0801. The third-order valence-corrected chi connectivity index (χ3v) is 2.82. The molecule has 0 amide bonds. The number of nitro groups is 1. The van der Waals surface area contributed by atoms with Gasteiger partial charge >= 0.3 is 5.97 Å². The lowest BCUT2D eigenvalue weighted by Gasteiger charge is -2.07. The molecular weight excluding hydrogens is 294 g/mol. The van der Waals surface area contributed by atoms with Crippen LogP contribution in [0.3, 0.4) is 0 Å². The Morgan fingerprint density at radius 2 is 1.64 bits per heavy atom. The van der Waals surface area contributed by atoms with E-state index in [1.54, 1.807) is 0 Å². The average molecular weight is 305 g/mol. The number of ether oxygens (including phenoxy) is 1. The molecule has 0 spiro atoms. The van der Waals surface area contributed by atoms with E-state index in [0.29, 0.717) is 5.56 Å². The van der Waals surface area contributed by atoms with Crippen molar-refractivity contribution < 1.29 is 29.8 Å². The molecule has 0 aliphatic carbocycles. The average Bonchev–Trinajstić information content (AvgIpc) is 2.50. The molecule has 0 radical (unpaired) electrons. The van der Waals surface area contributed by atoms with E-state index in [9.17, 15) is 30.2 Å². The summed E-state index contributed by atoms with van der Waals surface area (Å²) in [7, 11) is 0. The van der Waals surface area contributed by atoms with E-state index in [-0.39, 0.29) is 17.9 Å². The van der Waals surface area contributed by atoms with Gasteiger partial charge < -0.3 is 20.1 Å². The summed E-state index contributed by atoms with van der Waals surface area (Å²) in [6.45, 7) is -0.140. The molecule has 0 atom stereocenters. The number of hydrogen-bond acceptors (Lipinski definition) is 7. The normalized spacial score (nSPS) is 10.2. The molecule has 8 heteroatoms. The van der Waals surface area contributed by atoms with Gasteiger partial charge in [-0.1, -0.05) is 0 Å². The van der Waals surface area contributed by atoms with Crippen LogP contribution < -0.4 is 0 Å². The number of nitrogens with zero attached hydrogens (tertiary/aromatic N) is 1. The number of carbonyl (C=O) groups excluding carboxylic acids is 1. The van der Waals surface area contributed by atoms with Crippen LogP contribution in [0.5, 0.6) is 17.2 Å². The van der Waals surface area contributed by atoms with Crippen molar-refractivity contribution in [3.8, 4) is 17.2 Å². The Balaban J connectivity index is 2.05. The number of esters is 1. The molecule has 114 valence electrons. The number of non-ortho nitro benzene ring substituents is 1. The second kappa shape index (κ2) is 6.00. The monoisotopic (exact) mass is 305 g/mol. The molecule has 0 aliphatic heterocycles. The van der Waals surface area contributed by atoms with Crippen molar-refractivity contribution in [3.63, 3.8) is 0 Å². The smallest absolute Gasteiger partial charge is 0.338 e. The largest absolute Gasteiger partial charge is 0.504 e. The molecule has 2 aromatic carbocycles. The fraction of sp³-hybridized carbons (Fsp3) is 0.0714. The highest BCUT2D eigenvalue weighted by molar-refractivity contribution is 5.91. The van der Waals surface area contributed by atoms with Gasteiger partial charge in [-0.25, -0.2) is 4.79 Å². The number of carbonyl (C=O) groups is 1. The van der Waals surface area contributed by atoms with Crippen LogP contribution in [0, 0.1) is 10.1 Å². The molecule has 3 N–H and O–H groups in total. The Morgan fingerprint density at radius 1 is 1.09 bits per heavy atom. The molecule has 0 saturated heterocycles. The Bertz CT molecular complexity index is 701. The second-order valence-corrected chi connectivity index (χ2v) is 4.36. The highest BCUT2D eigenvalue weighted by Crippen LogP contribution is 2.35. The maximum atomic E-state index is 11.8. The quantitative estimate of drug-likeness (QED) is 0.341. The molecule has 0 heterocycles. The first-order valence-electron chi connectivity index (χ1n) is 6.04. The van der Waals surface area contributed by atoms with Crippen LogP contribution in [0.4, 0.5) is 5.69 Å². The molecule has 8 nitrogen and oxygen atoms in total. The molecule has 0 aliphatic rings. The summed E-state index contributed by atoms with van der Waals surface area (Å²) in [5.74, 6) is -2.86. The van der Waals surface area contributed by atoms with Crippen LogP contribution in [0.25, 0.3) is 0 Å². The maximum absolute atomic E-state index is 11.8. The van der Waals surface area contributed by atoms with Gasteiger partial charge in [0.1, 0.15) is 6.61 Å². The highest BCUT2D eigenvalue weighted by atomic mass is 16.6. The zero-order valence-corrected chi connectivity index (χ0v) is 11.1. The molecule has 2 rings (SSSR count). The third-order valence-electron chi connectivity index (χ3n) is 2.82. The van der Waals surface area contributed by atoms with Gasteiger partial charge in [0.2, 0.25) is 0 Å². The Morgan fingerprint density at radius 3 is 2.14 bits per heavy atom. The summed E-state index contributed by atoms with van der Waals surface area (Å²) in [4.78, 5) is 21.7. The van der Waals surface area contributed by atoms with E-state index in [1.165, 1.54) is 24.3 Å². The van der Waals surface area contributed by atoms with E-state index < -0.39 is 28.1 Å². The van der Waals surface area contributed by atoms with E-state index in [1.807, 2.05) is 0 Å². The fourth-order valence-corrected chi connectivity index (χ4v) is 1.67. The van der Waals surface area contributed by atoms with Crippen molar-refractivity contribution in [2.45, 2.75) is 6.61 Å². The van der Waals surface area contributed by atoms with E-state index >= 15 is 0 Å². The first-order chi connectivity index (χ1) is 10.4. The van der Waals surface area contributed by atoms with Crippen molar-refractivity contribution in [2.75, 3.05) is 0 Å². The summed E-state index contributed by atoms with van der Waals surface area (Å²) in [5.41, 5.74) is 0.310. The number of rotatable bonds is 4. The van der Waals surface area contributed by atoms with Crippen molar-refractivity contribution in [1.82, 2.24) is 0 Å². The molecule has 0 fully saturated rings. The van der Waals surface area contributed by atoms with Crippen LogP contribution in [0.1, 0.15) is 15.9 Å². The molecule has 0 aromatic heterocycles. The van der Waals surface area contributed by atoms with Gasteiger partial charge in [0.05, 0.1) is 10.5 Å². The van der Waals surface area contributed by atoms with Crippen LogP contribution in [-0.4, -0.2) is 26.2 Å².